The monoisotopic (exact) mass is 403 g/mol. The normalized spacial score (nSPS) is 20.8. The zero-order chi connectivity index (χ0) is 18.4. The number of aryl methyl sites for hydroxylation is 2. The fourth-order valence-electron chi connectivity index (χ4n) is 3.09. The number of thiophene rings is 1. The van der Waals surface area contributed by atoms with Crippen LogP contribution < -0.4 is 15.6 Å². The summed E-state index contributed by atoms with van der Waals surface area (Å²) < 4.78 is 41.8. The Kier molecular flexibility index (Phi) is 5.09. The first-order valence-corrected chi connectivity index (χ1v) is 10.5. The Labute approximate surface area is 155 Å². The van der Waals surface area contributed by atoms with Crippen molar-refractivity contribution in [1.29, 1.82) is 0 Å². The van der Waals surface area contributed by atoms with Crippen LogP contribution in [0.25, 0.3) is 0 Å². The summed E-state index contributed by atoms with van der Waals surface area (Å²) in [5.74, 6) is -0.594. The Morgan fingerprint density at radius 3 is 2.60 bits per heavy atom. The van der Waals surface area contributed by atoms with E-state index in [2.05, 4.69) is 15.6 Å². The molecule has 25 heavy (non-hydrogen) atoms. The molecule has 1 aliphatic heterocycles. The number of rotatable bonds is 4. The Balaban J connectivity index is 2.01. The molecule has 1 aromatic heterocycles. The third kappa shape index (κ3) is 3.68. The summed E-state index contributed by atoms with van der Waals surface area (Å²) in [7, 11) is -3.83. The van der Waals surface area contributed by atoms with Gasteiger partial charge < -0.3 is 0 Å². The minimum Gasteiger partial charge on any atom is -0.280 e. The van der Waals surface area contributed by atoms with E-state index in [0.29, 0.717) is 0 Å². The van der Waals surface area contributed by atoms with Gasteiger partial charge in [0.2, 0.25) is 0 Å². The maximum absolute atomic E-state index is 13.3. The van der Waals surface area contributed by atoms with Crippen LogP contribution in [0, 0.1) is 19.7 Å². The summed E-state index contributed by atoms with van der Waals surface area (Å²) in [4.78, 5) is 1.96. The smallest absolute Gasteiger partial charge is 0.263 e. The van der Waals surface area contributed by atoms with E-state index < -0.39 is 15.8 Å². The molecular formula is C16H19ClFN3O2S2. The van der Waals surface area contributed by atoms with Crippen molar-refractivity contribution < 1.29 is 12.8 Å². The van der Waals surface area contributed by atoms with Crippen LogP contribution in [0.3, 0.4) is 0 Å². The lowest BCUT2D eigenvalue weighted by Gasteiger charge is -2.15. The highest BCUT2D eigenvalue weighted by molar-refractivity contribution is 7.93. The van der Waals surface area contributed by atoms with Gasteiger partial charge in [0.05, 0.1) is 16.8 Å². The molecule has 136 valence electrons. The van der Waals surface area contributed by atoms with Gasteiger partial charge in [-0.3, -0.25) is 10.1 Å². The Hall–Kier alpha value is -1.19. The summed E-state index contributed by atoms with van der Waals surface area (Å²) in [6.45, 7) is 5.75. The average molecular weight is 404 g/mol. The zero-order valence-corrected chi connectivity index (χ0v) is 16.4. The highest BCUT2D eigenvalue weighted by Gasteiger charge is 2.33. The van der Waals surface area contributed by atoms with Crippen molar-refractivity contribution in [2.75, 3.05) is 4.72 Å². The van der Waals surface area contributed by atoms with Crippen LogP contribution >= 0.6 is 22.9 Å². The van der Waals surface area contributed by atoms with Crippen LogP contribution in [0.1, 0.15) is 34.7 Å². The Bertz CT molecular complexity index is 914. The summed E-state index contributed by atoms with van der Waals surface area (Å²) >= 11 is 7.20. The lowest BCUT2D eigenvalue weighted by molar-refractivity contribution is 0.552. The fraction of sp³-hybridized carbons (Fsp3) is 0.375. The maximum Gasteiger partial charge on any atom is 0.263 e. The number of nitrogens with one attached hydrogen (secondary N) is 3. The highest BCUT2D eigenvalue weighted by Crippen LogP contribution is 2.39. The van der Waals surface area contributed by atoms with Crippen LogP contribution in [0.15, 0.2) is 23.1 Å². The van der Waals surface area contributed by atoms with Gasteiger partial charge in [-0.05, 0) is 45.4 Å². The standard InChI is InChI=1S/C16H19ClFN3O2S2/c1-8-6-14(20-19-8)15-9(2)24-10(3)16(15)25(22,23)21-11-4-5-13(18)12(17)7-11/h4-5,7-8,14,19-21H,6H2,1-3H3. The van der Waals surface area contributed by atoms with E-state index in [-0.39, 0.29) is 27.7 Å². The molecule has 1 fully saturated rings. The van der Waals surface area contributed by atoms with E-state index in [0.717, 1.165) is 27.8 Å². The van der Waals surface area contributed by atoms with E-state index in [1.54, 1.807) is 6.92 Å². The number of hydrogen-bond donors (Lipinski definition) is 3. The molecule has 9 heteroatoms. The van der Waals surface area contributed by atoms with Crippen molar-refractivity contribution in [2.24, 2.45) is 0 Å². The average Bonchev–Trinajstić information content (AvgIpc) is 3.05. The van der Waals surface area contributed by atoms with E-state index in [1.165, 1.54) is 23.5 Å². The first-order valence-electron chi connectivity index (χ1n) is 7.78. The molecule has 1 saturated heterocycles. The number of hydrogen-bond acceptors (Lipinski definition) is 5. The molecule has 0 saturated carbocycles. The Morgan fingerprint density at radius 2 is 2.00 bits per heavy atom. The molecule has 3 N–H and O–H groups in total. The minimum absolute atomic E-state index is 0.0802. The highest BCUT2D eigenvalue weighted by atomic mass is 35.5. The van der Waals surface area contributed by atoms with E-state index in [9.17, 15) is 12.8 Å². The van der Waals surface area contributed by atoms with Crippen LogP contribution in [0.2, 0.25) is 5.02 Å². The topological polar surface area (TPSA) is 70.2 Å². The fourth-order valence-corrected chi connectivity index (χ4v) is 6.31. The van der Waals surface area contributed by atoms with Gasteiger partial charge in [0.15, 0.2) is 0 Å². The van der Waals surface area contributed by atoms with Gasteiger partial charge in [-0.15, -0.1) is 11.3 Å². The van der Waals surface area contributed by atoms with Gasteiger partial charge in [-0.25, -0.2) is 18.2 Å². The summed E-state index contributed by atoms with van der Waals surface area (Å²) in [5.41, 5.74) is 7.30. The van der Waals surface area contributed by atoms with Gasteiger partial charge in [0.25, 0.3) is 10.0 Å². The predicted molar refractivity (Wildman–Crippen MR) is 99.1 cm³/mol. The molecule has 2 unspecified atom stereocenters. The van der Waals surface area contributed by atoms with Crippen LogP contribution in [0.5, 0.6) is 0 Å². The number of sulfonamides is 1. The molecule has 1 aromatic carbocycles. The second-order valence-corrected chi connectivity index (χ2v) is 9.62. The molecule has 2 atom stereocenters. The lowest BCUT2D eigenvalue weighted by Crippen LogP contribution is -2.29. The van der Waals surface area contributed by atoms with E-state index >= 15 is 0 Å². The molecule has 0 amide bonds. The predicted octanol–water partition coefficient (Wildman–Crippen LogP) is 3.89. The van der Waals surface area contributed by atoms with Crippen molar-refractivity contribution in [3.05, 3.63) is 44.4 Å². The van der Waals surface area contributed by atoms with Crippen molar-refractivity contribution in [2.45, 2.75) is 44.2 Å². The molecule has 2 aromatic rings. The first-order chi connectivity index (χ1) is 11.7. The largest absolute Gasteiger partial charge is 0.280 e. The molecule has 5 nitrogen and oxygen atoms in total. The molecular weight excluding hydrogens is 385 g/mol. The van der Waals surface area contributed by atoms with Crippen molar-refractivity contribution in [3.63, 3.8) is 0 Å². The van der Waals surface area contributed by atoms with Crippen molar-refractivity contribution in [3.8, 4) is 0 Å². The molecule has 0 spiro atoms. The number of anilines is 1. The molecule has 0 radical (unpaired) electrons. The number of hydrazine groups is 1. The van der Waals surface area contributed by atoms with Gasteiger partial charge in [0.1, 0.15) is 10.7 Å². The molecule has 0 bridgehead atoms. The first kappa shape index (κ1) is 18.6. The molecule has 2 heterocycles. The van der Waals surface area contributed by atoms with Crippen LogP contribution in [0.4, 0.5) is 10.1 Å². The second-order valence-electron chi connectivity index (χ2n) is 6.17. The number of benzene rings is 1. The lowest BCUT2D eigenvalue weighted by atomic mass is 10.0. The van der Waals surface area contributed by atoms with Gasteiger partial charge in [-0.2, -0.15) is 0 Å². The van der Waals surface area contributed by atoms with Crippen molar-refractivity contribution in [1.82, 2.24) is 10.9 Å². The molecule has 3 rings (SSSR count). The molecule has 0 aliphatic carbocycles. The van der Waals surface area contributed by atoms with Crippen LogP contribution in [-0.4, -0.2) is 14.5 Å². The zero-order valence-electron chi connectivity index (χ0n) is 14.0. The van der Waals surface area contributed by atoms with Gasteiger partial charge in [-0.1, -0.05) is 11.6 Å². The SMILES string of the molecule is Cc1sc(C)c(S(=O)(=O)Nc2ccc(F)c(Cl)c2)c1C1CC(C)NN1. The number of halogens is 2. The molecule has 1 aliphatic rings. The minimum atomic E-state index is -3.83. The maximum atomic E-state index is 13.3. The second kappa shape index (κ2) is 6.85. The van der Waals surface area contributed by atoms with Gasteiger partial charge in [0, 0.05) is 21.4 Å². The van der Waals surface area contributed by atoms with Crippen LogP contribution in [-0.2, 0) is 10.0 Å². The summed E-state index contributed by atoms with van der Waals surface area (Å²) in [6.07, 6.45) is 0.794. The summed E-state index contributed by atoms with van der Waals surface area (Å²) in [5, 5.41) is -0.130. The van der Waals surface area contributed by atoms with E-state index in [1.807, 2.05) is 13.8 Å². The third-order valence-electron chi connectivity index (χ3n) is 4.13. The van der Waals surface area contributed by atoms with Crippen molar-refractivity contribution >= 4 is 38.6 Å². The summed E-state index contributed by atoms with van der Waals surface area (Å²) in [6, 6.07) is 3.92. The van der Waals surface area contributed by atoms with E-state index in [4.69, 9.17) is 11.6 Å². The van der Waals surface area contributed by atoms with Gasteiger partial charge >= 0.3 is 0 Å². The Morgan fingerprint density at radius 1 is 1.28 bits per heavy atom. The third-order valence-corrected chi connectivity index (χ3v) is 7.16. The quantitative estimate of drug-likeness (QED) is 0.724.